The van der Waals surface area contributed by atoms with Gasteiger partial charge in [0, 0.05) is 39.1 Å². The Kier molecular flexibility index (Phi) is 8.71. The molecule has 42 heavy (non-hydrogen) atoms. The van der Waals surface area contributed by atoms with Gasteiger partial charge in [0.05, 0.1) is 5.52 Å². The molecule has 0 bridgehead atoms. The number of benzene rings is 3. The van der Waals surface area contributed by atoms with Crippen LogP contribution in [0.2, 0.25) is 0 Å². The molecule has 0 saturated heterocycles. The highest BCUT2D eigenvalue weighted by atomic mass is 127. The van der Waals surface area contributed by atoms with Gasteiger partial charge in [-0.15, -0.1) is 10.2 Å². The molecular weight excluding hydrogens is 655 g/mol. The summed E-state index contributed by atoms with van der Waals surface area (Å²) in [5.74, 6) is -0.555. The summed E-state index contributed by atoms with van der Waals surface area (Å²) in [6.07, 6.45) is 1.03. The maximum Gasteiger partial charge on any atom is 0.303 e. The highest BCUT2D eigenvalue weighted by Gasteiger charge is 2.22. The predicted molar refractivity (Wildman–Crippen MR) is 163 cm³/mol. The van der Waals surface area contributed by atoms with E-state index >= 15 is 0 Å². The molecule has 1 unspecified atom stereocenters. The molecule has 0 spiro atoms. The Morgan fingerprint density at radius 1 is 1.02 bits per heavy atom. The van der Waals surface area contributed by atoms with Gasteiger partial charge >= 0.3 is 5.97 Å². The minimum atomic E-state index is -0.926. The van der Waals surface area contributed by atoms with Gasteiger partial charge < -0.3 is 29.6 Å². The zero-order valence-corrected chi connectivity index (χ0v) is 24.7. The number of nitrogens with one attached hydrogen (secondary N) is 1. The standard InChI is InChI=1S/C30H27IN4O7/c1-17(2-13-27(37)38)35-23-10-7-20(31)15-22(23)28(30(35)40)33-34-29(39)19-5-8-21(9-6-19)32-26(36)12-4-18-3-11-24-25(14-18)42-16-41-24/h3,5-11,14-15,17,40H,2,4,12-13,16H2,1H3,(H,32,36)(H,37,38). The number of carboxylic acids is 1. The van der Waals surface area contributed by atoms with Crippen molar-refractivity contribution in [1.29, 1.82) is 0 Å². The number of fused-ring (bicyclic) bond motifs is 2. The summed E-state index contributed by atoms with van der Waals surface area (Å²) in [5.41, 5.74) is 2.53. The van der Waals surface area contributed by atoms with Gasteiger partial charge in [-0.3, -0.25) is 14.4 Å². The molecule has 3 N–H and O–H groups in total. The van der Waals surface area contributed by atoms with E-state index in [1.165, 1.54) is 12.1 Å². The second kappa shape index (κ2) is 12.6. The average molecular weight is 682 g/mol. The summed E-state index contributed by atoms with van der Waals surface area (Å²) in [5, 5.41) is 31.4. The lowest BCUT2D eigenvalue weighted by molar-refractivity contribution is -0.137. The lowest BCUT2D eigenvalue weighted by Crippen LogP contribution is -2.12. The quantitative estimate of drug-likeness (QED) is 0.126. The molecule has 216 valence electrons. The molecule has 0 radical (unpaired) electrons. The summed E-state index contributed by atoms with van der Waals surface area (Å²) in [4.78, 5) is 36.3. The number of ether oxygens (including phenoxy) is 2. The van der Waals surface area contributed by atoms with Crippen LogP contribution in [0, 0.1) is 3.57 Å². The van der Waals surface area contributed by atoms with E-state index in [1.54, 1.807) is 16.7 Å². The van der Waals surface area contributed by atoms with Crippen LogP contribution in [0.5, 0.6) is 17.4 Å². The van der Waals surface area contributed by atoms with E-state index in [0.717, 1.165) is 9.13 Å². The lowest BCUT2D eigenvalue weighted by atomic mass is 10.1. The Bertz CT molecular complexity index is 1700. The number of carbonyl (C=O) groups excluding carboxylic acids is 2. The van der Waals surface area contributed by atoms with Gasteiger partial charge in [-0.05, 0) is 103 Å². The van der Waals surface area contributed by atoms with Crippen molar-refractivity contribution in [2.45, 2.75) is 38.6 Å². The smallest absolute Gasteiger partial charge is 0.303 e. The van der Waals surface area contributed by atoms with Crippen LogP contribution < -0.4 is 14.8 Å². The van der Waals surface area contributed by atoms with Gasteiger partial charge in [0.25, 0.3) is 5.91 Å². The first-order valence-electron chi connectivity index (χ1n) is 13.2. The summed E-state index contributed by atoms with van der Waals surface area (Å²) in [7, 11) is 0. The molecule has 0 fully saturated rings. The van der Waals surface area contributed by atoms with E-state index in [0.29, 0.717) is 40.9 Å². The monoisotopic (exact) mass is 682 g/mol. The van der Waals surface area contributed by atoms with Crippen LogP contribution in [0.15, 0.2) is 70.9 Å². The molecule has 2 amide bonds. The molecule has 1 aliphatic heterocycles. The molecule has 4 aromatic rings. The molecule has 11 nitrogen and oxygen atoms in total. The molecular formula is C30H27IN4O7. The van der Waals surface area contributed by atoms with Crippen molar-refractivity contribution in [2.75, 3.05) is 12.1 Å². The molecule has 0 saturated carbocycles. The highest BCUT2D eigenvalue weighted by molar-refractivity contribution is 14.1. The number of amides is 2. The van der Waals surface area contributed by atoms with Crippen molar-refractivity contribution < 1.29 is 34.1 Å². The van der Waals surface area contributed by atoms with Crippen molar-refractivity contribution in [2.24, 2.45) is 10.2 Å². The number of nitrogens with zero attached hydrogens (tertiary/aromatic N) is 3. The molecule has 1 aliphatic rings. The van der Waals surface area contributed by atoms with Crippen molar-refractivity contribution in [3.63, 3.8) is 0 Å². The van der Waals surface area contributed by atoms with Crippen molar-refractivity contribution >= 4 is 62.7 Å². The minimum Gasteiger partial charge on any atom is -0.493 e. The first-order valence-corrected chi connectivity index (χ1v) is 14.3. The van der Waals surface area contributed by atoms with E-state index in [2.05, 4.69) is 38.1 Å². The number of carboxylic acid groups (broad SMARTS) is 1. The third-order valence-electron chi connectivity index (χ3n) is 6.86. The highest BCUT2D eigenvalue weighted by Crippen LogP contribution is 2.42. The van der Waals surface area contributed by atoms with E-state index < -0.39 is 11.9 Å². The third kappa shape index (κ3) is 6.54. The molecule has 1 aromatic heterocycles. The van der Waals surface area contributed by atoms with Gasteiger partial charge in [-0.2, -0.15) is 0 Å². The van der Waals surface area contributed by atoms with Crippen molar-refractivity contribution in [3.05, 3.63) is 75.4 Å². The van der Waals surface area contributed by atoms with Crippen LogP contribution in [0.3, 0.4) is 0 Å². The van der Waals surface area contributed by atoms with Crippen LogP contribution in [0.4, 0.5) is 11.4 Å². The zero-order valence-electron chi connectivity index (χ0n) is 22.5. The normalized spacial score (nSPS) is 13.0. The van der Waals surface area contributed by atoms with Crippen LogP contribution in [-0.4, -0.2) is 39.4 Å². The molecule has 0 aliphatic carbocycles. The first kappa shape index (κ1) is 29.0. The molecule has 12 heteroatoms. The fourth-order valence-electron chi connectivity index (χ4n) is 4.69. The number of hydrogen-bond donors (Lipinski definition) is 3. The van der Waals surface area contributed by atoms with Gasteiger partial charge in [0.15, 0.2) is 17.2 Å². The number of halogens is 1. The Morgan fingerprint density at radius 3 is 2.55 bits per heavy atom. The Hall–Kier alpha value is -4.46. The number of aliphatic carboxylic acids is 1. The Morgan fingerprint density at radius 2 is 1.79 bits per heavy atom. The third-order valence-corrected chi connectivity index (χ3v) is 7.54. The number of aromatic hydroxyl groups is 1. The zero-order chi connectivity index (χ0) is 29.8. The van der Waals surface area contributed by atoms with E-state index in [9.17, 15) is 19.5 Å². The lowest BCUT2D eigenvalue weighted by Gasteiger charge is -2.15. The number of rotatable bonds is 10. The van der Waals surface area contributed by atoms with Crippen molar-refractivity contribution in [3.8, 4) is 17.4 Å². The SMILES string of the molecule is CC(CCC(=O)O)n1c(O)c(N=NC(=O)c2ccc(NC(=O)CCc3ccc4c(c3)OCO4)cc2)c2cc(I)ccc21. The number of carbonyl (C=O) groups is 3. The number of azo groups is 1. The second-order valence-corrected chi connectivity index (χ2v) is 11.0. The topological polar surface area (TPSA) is 152 Å². The summed E-state index contributed by atoms with van der Waals surface area (Å²) in [6.45, 7) is 2.00. The molecule has 2 heterocycles. The number of aryl methyl sites for hydroxylation is 1. The van der Waals surface area contributed by atoms with Crippen molar-refractivity contribution in [1.82, 2.24) is 4.57 Å². The first-order chi connectivity index (χ1) is 20.2. The number of anilines is 1. The Labute approximate surface area is 254 Å². The fraction of sp³-hybridized carbons (Fsp3) is 0.233. The number of hydrogen-bond acceptors (Lipinski definition) is 7. The van der Waals surface area contributed by atoms with Crippen LogP contribution in [0.25, 0.3) is 10.9 Å². The maximum absolute atomic E-state index is 12.8. The number of aromatic nitrogens is 1. The summed E-state index contributed by atoms with van der Waals surface area (Å²) >= 11 is 2.14. The summed E-state index contributed by atoms with van der Waals surface area (Å²) in [6, 6.07) is 17.0. The molecule has 3 aromatic carbocycles. The average Bonchev–Trinajstić information content (AvgIpc) is 3.55. The van der Waals surface area contributed by atoms with Crippen LogP contribution in [0.1, 0.15) is 48.1 Å². The Balaban J connectivity index is 1.24. The second-order valence-electron chi connectivity index (χ2n) is 9.80. The maximum atomic E-state index is 12.8. The summed E-state index contributed by atoms with van der Waals surface area (Å²) < 4.78 is 13.2. The van der Waals surface area contributed by atoms with Gasteiger partial charge in [0.2, 0.25) is 18.6 Å². The minimum absolute atomic E-state index is 0.0592. The predicted octanol–water partition coefficient (Wildman–Crippen LogP) is 6.60. The van der Waals surface area contributed by atoms with Gasteiger partial charge in [-0.25, -0.2) is 0 Å². The van der Waals surface area contributed by atoms with E-state index in [4.69, 9.17) is 14.6 Å². The van der Waals surface area contributed by atoms with E-state index in [1.807, 2.05) is 43.3 Å². The largest absolute Gasteiger partial charge is 0.493 e. The van der Waals surface area contributed by atoms with Crippen LogP contribution in [-0.2, 0) is 16.0 Å². The fourth-order valence-corrected chi connectivity index (χ4v) is 5.18. The van der Waals surface area contributed by atoms with Gasteiger partial charge in [-0.1, -0.05) is 6.07 Å². The van der Waals surface area contributed by atoms with E-state index in [-0.39, 0.29) is 48.7 Å². The molecule has 1 atom stereocenters. The molecule has 5 rings (SSSR count). The van der Waals surface area contributed by atoms with Gasteiger partial charge in [0.1, 0.15) is 0 Å². The van der Waals surface area contributed by atoms with Crippen LogP contribution >= 0.6 is 22.6 Å².